The summed E-state index contributed by atoms with van der Waals surface area (Å²) in [6, 6.07) is -0.442. The largest absolute Gasteiger partial charge is 0.391 e. The van der Waals surface area contributed by atoms with Gasteiger partial charge in [-0.1, -0.05) is 0 Å². The Bertz CT molecular complexity index is 126. The number of rotatable bonds is 3. The number of hydrogen-bond acceptors (Lipinski definition) is 2. The Hall–Kier alpha value is -0.770. The van der Waals surface area contributed by atoms with E-state index in [-0.39, 0.29) is 12.1 Å². The number of hydrogen-bond donors (Lipinski definition) is 3. The number of urea groups is 1. The van der Waals surface area contributed by atoms with Gasteiger partial charge in [0.2, 0.25) is 0 Å². The van der Waals surface area contributed by atoms with Gasteiger partial charge in [0.25, 0.3) is 0 Å². The Kier molecular flexibility index (Phi) is 4.61. The molecule has 4 nitrogen and oxygen atoms in total. The molecule has 2 amide bonds. The maximum atomic E-state index is 10.8. The average molecular weight is 160 g/mol. The molecule has 0 aromatic rings. The summed E-state index contributed by atoms with van der Waals surface area (Å²) in [4.78, 5) is 10.8. The fraction of sp³-hybridized carbons (Fsp3) is 0.857. The van der Waals surface area contributed by atoms with E-state index in [0.29, 0.717) is 6.54 Å². The van der Waals surface area contributed by atoms with Crippen LogP contribution in [0.25, 0.3) is 0 Å². The molecule has 3 N–H and O–H groups in total. The SMILES string of the molecule is CCNC(=O)NC(C)C(C)O. The molecule has 66 valence electrons. The number of carbonyl (C=O) groups excluding carboxylic acids is 1. The molecule has 2 unspecified atom stereocenters. The Morgan fingerprint density at radius 1 is 1.55 bits per heavy atom. The van der Waals surface area contributed by atoms with Crippen LogP contribution < -0.4 is 10.6 Å². The molecule has 2 atom stereocenters. The van der Waals surface area contributed by atoms with E-state index in [4.69, 9.17) is 5.11 Å². The maximum Gasteiger partial charge on any atom is 0.315 e. The number of carbonyl (C=O) groups is 1. The minimum atomic E-state index is -0.516. The van der Waals surface area contributed by atoms with Crippen molar-refractivity contribution in [3.05, 3.63) is 0 Å². The zero-order chi connectivity index (χ0) is 8.85. The molecule has 0 fully saturated rings. The van der Waals surface area contributed by atoms with Crippen LogP contribution >= 0.6 is 0 Å². The first-order valence-corrected chi connectivity index (χ1v) is 3.80. The Labute approximate surface area is 67.0 Å². The van der Waals surface area contributed by atoms with Crippen LogP contribution in [0.5, 0.6) is 0 Å². The van der Waals surface area contributed by atoms with Gasteiger partial charge in [-0.3, -0.25) is 0 Å². The van der Waals surface area contributed by atoms with Crippen LogP contribution in [-0.2, 0) is 0 Å². The molecule has 0 saturated heterocycles. The number of aliphatic hydroxyl groups excluding tert-OH is 1. The summed E-state index contributed by atoms with van der Waals surface area (Å²) in [5.74, 6) is 0. The highest BCUT2D eigenvalue weighted by Gasteiger charge is 2.10. The van der Waals surface area contributed by atoms with E-state index in [9.17, 15) is 4.79 Å². The Morgan fingerprint density at radius 3 is 2.45 bits per heavy atom. The third kappa shape index (κ3) is 4.61. The minimum absolute atomic E-state index is 0.207. The molecule has 0 saturated carbocycles. The van der Waals surface area contributed by atoms with Gasteiger partial charge in [0.15, 0.2) is 0 Å². The van der Waals surface area contributed by atoms with Gasteiger partial charge in [-0.2, -0.15) is 0 Å². The Balaban J connectivity index is 3.57. The quantitative estimate of drug-likeness (QED) is 0.547. The molecule has 0 aliphatic carbocycles. The summed E-state index contributed by atoms with van der Waals surface area (Å²) in [6.07, 6.45) is -0.516. The lowest BCUT2D eigenvalue weighted by molar-refractivity contribution is 0.153. The first-order chi connectivity index (χ1) is 5.07. The molecule has 0 bridgehead atoms. The van der Waals surface area contributed by atoms with Crippen LogP contribution in [0.15, 0.2) is 0 Å². The topological polar surface area (TPSA) is 61.4 Å². The summed E-state index contributed by atoms with van der Waals surface area (Å²) in [7, 11) is 0. The van der Waals surface area contributed by atoms with Crippen molar-refractivity contribution in [2.45, 2.75) is 32.9 Å². The van der Waals surface area contributed by atoms with E-state index >= 15 is 0 Å². The van der Waals surface area contributed by atoms with Crippen molar-refractivity contribution in [1.82, 2.24) is 10.6 Å². The van der Waals surface area contributed by atoms with Crippen LogP contribution in [0.4, 0.5) is 4.79 Å². The summed E-state index contributed by atoms with van der Waals surface area (Å²) in [5.41, 5.74) is 0. The zero-order valence-corrected chi connectivity index (χ0v) is 7.22. The minimum Gasteiger partial charge on any atom is -0.391 e. The van der Waals surface area contributed by atoms with E-state index in [1.807, 2.05) is 6.92 Å². The molecule has 0 radical (unpaired) electrons. The van der Waals surface area contributed by atoms with E-state index in [2.05, 4.69) is 10.6 Å². The van der Waals surface area contributed by atoms with Crippen molar-refractivity contribution >= 4 is 6.03 Å². The lowest BCUT2D eigenvalue weighted by Gasteiger charge is -2.16. The second-order valence-corrected chi connectivity index (χ2v) is 2.53. The van der Waals surface area contributed by atoms with Gasteiger partial charge in [-0.25, -0.2) is 4.79 Å². The molecule has 0 aromatic heterocycles. The van der Waals surface area contributed by atoms with Gasteiger partial charge in [-0.15, -0.1) is 0 Å². The van der Waals surface area contributed by atoms with Crippen LogP contribution in [0.3, 0.4) is 0 Å². The molecule has 0 aliphatic heterocycles. The summed E-state index contributed by atoms with van der Waals surface area (Å²) in [5, 5.41) is 14.1. The van der Waals surface area contributed by atoms with Crippen molar-refractivity contribution in [1.29, 1.82) is 0 Å². The third-order valence-electron chi connectivity index (χ3n) is 1.42. The van der Waals surface area contributed by atoms with Crippen molar-refractivity contribution in [2.75, 3.05) is 6.54 Å². The molecule has 0 rings (SSSR count). The van der Waals surface area contributed by atoms with Gasteiger partial charge >= 0.3 is 6.03 Å². The zero-order valence-electron chi connectivity index (χ0n) is 7.22. The van der Waals surface area contributed by atoms with E-state index in [1.165, 1.54) is 0 Å². The van der Waals surface area contributed by atoms with E-state index < -0.39 is 6.10 Å². The molecule has 0 heterocycles. The fourth-order valence-corrected chi connectivity index (χ4v) is 0.539. The monoisotopic (exact) mass is 160 g/mol. The number of amides is 2. The first kappa shape index (κ1) is 10.2. The maximum absolute atomic E-state index is 10.8. The molecule has 11 heavy (non-hydrogen) atoms. The molecule has 0 spiro atoms. The van der Waals surface area contributed by atoms with Gasteiger partial charge in [-0.05, 0) is 20.8 Å². The van der Waals surface area contributed by atoms with Crippen LogP contribution in [0.2, 0.25) is 0 Å². The summed E-state index contributed by atoms with van der Waals surface area (Å²) >= 11 is 0. The highest BCUT2D eigenvalue weighted by molar-refractivity contribution is 5.74. The third-order valence-corrected chi connectivity index (χ3v) is 1.42. The predicted molar refractivity (Wildman–Crippen MR) is 43.4 cm³/mol. The second-order valence-electron chi connectivity index (χ2n) is 2.53. The smallest absolute Gasteiger partial charge is 0.315 e. The first-order valence-electron chi connectivity index (χ1n) is 3.80. The van der Waals surface area contributed by atoms with Crippen molar-refractivity contribution in [3.63, 3.8) is 0 Å². The van der Waals surface area contributed by atoms with Crippen LogP contribution in [0, 0.1) is 0 Å². The lowest BCUT2D eigenvalue weighted by Crippen LogP contribution is -2.45. The molecular weight excluding hydrogens is 144 g/mol. The summed E-state index contributed by atoms with van der Waals surface area (Å²) < 4.78 is 0. The van der Waals surface area contributed by atoms with Crippen molar-refractivity contribution < 1.29 is 9.90 Å². The molecule has 4 heteroatoms. The highest BCUT2D eigenvalue weighted by atomic mass is 16.3. The number of aliphatic hydroxyl groups is 1. The molecule has 0 aromatic carbocycles. The standard InChI is InChI=1S/C7H16N2O2/c1-4-8-7(11)9-5(2)6(3)10/h5-6,10H,4H2,1-3H3,(H2,8,9,11). The average Bonchev–Trinajstić information content (AvgIpc) is 1.87. The van der Waals surface area contributed by atoms with Crippen molar-refractivity contribution in [3.8, 4) is 0 Å². The van der Waals surface area contributed by atoms with Gasteiger partial charge in [0, 0.05) is 6.54 Å². The van der Waals surface area contributed by atoms with Crippen molar-refractivity contribution in [2.24, 2.45) is 0 Å². The molecular formula is C7H16N2O2. The van der Waals surface area contributed by atoms with E-state index in [0.717, 1.165) is 0 Å². The van der Waals surface area contributed by atoms with Crippen LogP contribution in [0.1, 0.15) is 20.8 Å². The molecule has 0 aliphatic rings. The normalized spacial score (nSPS) is 15.3. The fourth-order valence-electron chi connectivity index (χ4n) is 0.539. The highest BCUT2D eigenvalue weighted by Crippen LogP contribution is 1.88. The van der Waals surface area contributed by atoms with Gasteiger partial charge < -0.3 is 15.7 Å². The Morgan fingerprint density at radius 2 is 2.09 bits per heavy atom. The number of nitrogens with one attached hydrogen (secondary N) is 2. The van der Waals surface area contributed by atoms with Gasteiger partial charge in [0.1, 0.15) is 0 Å². The lowest BCUT2D eigenvalue weighted by atomic mass is 10.2. The van der Waals surface area contributed by atoms with Crippen LogP contribution in [-0.4, -0.2) is 29.8 Å². The van der Waals surface area contributed by atoms with Gasteiger partial charge in [0.05, 0.1) is 12.1 Å². The second kappa shape index (κ2) is 4.96. The summed E-state index contributed by atoms with van der Waals surface area (Å²) in [6.45, 7) is 5.82. The van der Waals surface area contributed by atoms with E-state index in [1.54, 1.807) is 13.8 Å². The predicted octanol–water partition coefficient (Wildman–Crippen LogP) is 0.0748.